The summed E-state index contributed by atoms with van der Waals surface area (Å²) in [6, 6.07) is 21.7. The molecular formula is C26H20FO2S+. The molecule has 0 radical (unpaired) electrons. The van der Waals surface area contributed by atoms with Gasteiger partial charge in [-0.15, -0.1) is 6.42 Å². The number of ether oxygens (including phenoxy) is 1. The van der Waals surface area contributed by atoms with Gasteiger partial charge in [-0.2, -0.15) is 0 Å². The number of esters is 1. The molecule has 1 heterocycles. The van der Waals surface area contributed by atoms with Crippen LogP contribution in [0.4, 0.5) is 4.39 Å². The molecule has 2 unspecified atom stereocenters. The second-order valence-corrected chi connectivity index (χ2v) is 9.03. The van der Waals surface area contributed by atoms with Gasteiger partial charge in [0.25, 0.3) is 0 Å². The smallest absolute Gasteiger partial charge is 0.340 e. The Morgan fingerprint density at radius 3 is 2.57 bits per heavy atom. The van der Waals surface area contributed by atoms with Gasteiger partial charge in [0.2, 0.25) is 0 Å². The molecule has 0 spiro atoms. The fourth-order valence-corrected chi connectivity index (χ4v) is 5.67. The third kappa shape index (κ3) is 3.49. The zero-order valence-electron chi connectivity index (χ0n) is 16.7. The van der Waals surface area contributed by atoms with Crippen molar-refractivity contribution in [3.63, 3.8) is 0 Å². The first kappa shape index (κ1) is 19.9. The molecule has 4 aromatic rings. The quantitative estimate of drug-likeness (QED) is 0.210. The average Bonchev–Trinajstić information content (AvgIpc) is 3.11. The summed E-state index contributed by atoms with van der Waals surface area (Å²) in [5.41, 5.74) is 0.258. The molecule has 2 nitrogen and oxygen atoms in total. The maximum absolute atomic E-state index is 14.3. The van der Waals surface area contributed by atoms with E-state index < -0.39 is 17.4 Å². The molecule has 0 saturated heterocycles. The van der Waals surface area contributed by atoms with Crippen LogP contribution in [0.1, 0.15) is 28.4 Å². The lowest BCUT2D eigenvalue weighted by molar-refractivity contribution is 0.0118. The Morgan fingerprint density at radius 2 is 1.80 bits per heavy atom. The van der Waals surface area contributed by atoms with Crippen LogP contribution in [0.15, 0.2) is 78.2 Å². The molecule has 3 aromatic carbocycles. The first-order chi connectivity index (χ1) is 14.4. The van der Waals surface area contributed by atoms with Gasteiger partial charge in [0, 0.05) is 33.0 Å². The van der Waals surface area contributed by atoms with Gasteiger partial charge in [-0.1, -0.05) is 42.3 Å². The number of carbonyl (C=O) groups is 1. The largest absolute Gasteiger partial charge is 0.438 e. The topological polar surface area (TPSA) is 26.3 Å². The fraction of sp³-hybridized carbons (Fsp3) is 0.115. The lowest BCUT2D eigenvalue weighted by Crippen LogP contribution is -2.28. The van der Waals surface area contributed by atoms with Gasteiger partial charge in [-0.05, 0) is 44.2 Å². The molecule has 1 aromatic heterocycles. The van der Waals surface area contributed by atoms with E-state index in [1.807, 2.05) is 30.3 Å². The van der Waals surface area contributed by atoms with Gasteiger partial charge in [-0.25, -0.2) is 9.18 Å². The first-order valence-corrected chi connectivity index (χ1v) is 10.8. The van der Waals surface area contributed by atoms with Crippen molar-refractivity contribution in [2.24, 2.45) is 0 Å². The number of carbonyl (C=O) groups excluding carboxylic acids is 1. The van der Waals surface area contributed by atoms with Crippen LogP contribution in [0.25, 0.3) is 15.0 Å². The molecule has 0 N–H and O–H groups in total. The molecule has 0 saturated carbocycles. The lowest BCUT2D eigenvalue weighted by Gasteiger charge is -2.24. The van der Waals surface area contributed by atoms with Crippen molar-refractivity contribution in [2.75, 3.05) is 0 Å². The van der Waals surface area contributed by atoms with Crippen molar-refractivity contribution in [1.82, 2.24) is 0 Å². The second-order valence-electron chi connectivity index (χ2n) is 7.21. The summed E-state index contributed by atoms with van der Waals surface area (Å²) >= 11 is 0. The molecule has 148 valence electrons. The van der Waals surface area contributed by atoms with Crippen LogP contribution < -0.4 is 0 Å². The van der Waals surface area contributed by atoms with Crippen LogP contribution >= 0.6 is 10.5 Å². The van der Waals surface area contributed by atoms with Crippen LogP contribution in [0.3, 0.4) is 0 Å². The molecule has 2 atom stereocenters. The van der Waals surface area contributed by atoms with E-state index in [2.05, 4.69) is 30.4 Å². The minimum absolute atomic E-state index is 0.155. The molecule has 0 bridgehead atoms. The summed E-state index contributed by atoms with van der Waals surface area (Å²) in [4.78, 5) is 13.9. The van der Waals surface area contributed by atoms with E-state index in [1.54, 1.807) is 18.2 Å². The molecule has 0 aliphatic carbocycles. The Bertz CT molecular complexity index is 1300. The standard InChI is InChI=1S/C26H20FO2S/c1-4-26(3,22-13-6-7-14-23(22)27)29-25(28)19-10-9-11-20(16-19)30-17-18(2)21-12-5-8-15-24(21)30/h1,5-17H,2-3H3/q+1. The van der Waals surface area contributed by atoms with Crippen molar-refractivity contribution in [1.29, 1.82) is 0 Å². The summed E-state index contributed by atoms with van der Waals surface area (Å²) in [5.74, 6) is 1.34. The lowest BCUT2D eigenvalue weighted by atomic mass is 9.96. The van der Waals surface area contributed by atoms with Crippen LogP contribution in [-0.2, 0) is 10.3 Å². The molecule has 0 aliphatic rings. The summed E-state index contributed by atoms with van der Waals surface area (Å²) in [5, 5.41) is 3.45. The zero-order valence-corrected chi connectivity index (χ0v) is 17.5. The van der Waals surface area contributed by atoms with E-state index in [9.17, 15) is 9.18 Å². The highest BCUT2D eigenvalue weighted by molar-refractivity contribution is 7.43. The van der Waals surface area contributed by atoms with Crippen molar-refractivity contribution in [3.05, 3.63) is 101 Å². The SMILES string of the molecule is C#CC(C)(OC(=O)c1cccc(-[s+]2cc(C)c3ccccc32)c1)c1ccccc1F. The number of hydrogen-bond donors (Lipinski definition) is 0. The first-order valence-electron chi connectivity index (χ1n) is 9.50. The predicted octanol–water partition coefficient (Wildman–Crippen LogP) is 6.73. The number of rotatable bonds is 4. The molecular weight excluding hydrogens is 395 g/mol. The molecule has 0 aliphatic heterocycles. The van der Waals surface area contributed by atoms with Crippen molar-refractivity contribution < 1.29 is 13.9 Å². The van der Waals surface area contributed by atoms with Crippen LogP contribution in [-0.4, -0.2) is 5.97 Å². The number of fused-ring (bicyclic) bond motifs is 1. The van der Waals surface area contributed by atoms with Crippen molar-refractivity contribution >= 4 is 26.5 Å². The van der Waals surface area contributed by atoms with E-state index in [1.165, 1.54) is 34.7 Å². The van der Waals surface area contributed by atoms with Gasteiger partial charge in [0.1, 0.15) is 11.2 Å². The van der Waals surface area contributed by atoms with Gasteiger partial charge in [0.05, 0.1) is 5.56 Å². The van der Waals surface area contributed by atoms with Gasteiger partial charge < -0.3 is 4.74 Å². The Labute approximate surface area is 177 Å². The van der Waals surface area contributed by atoms with E-state index in [4.69, 9.17) is 11.2 Å². The second kappa shape index (κ2) is 7.78. The van der Waals surface area contributed by atoms with Crippen molar-refractivity contribution in [3.8, 4) is 17.2 Å². The van der Waals surface area contributed by atoms with Gasteiger partial charge in [-0.3, -0.25) is 0 Å². The highest BCUT2D eigenvalue weighted by atomic mass is 32.2. The molecule has 4 rings (SSSR count). The summed E-state index contributed by atoms with van der Waals surface area (Å²) in [6.07, 6.45) is 5.63. The highest BCUT2D eigenvalue weighted by Crippen LogP contribution is 2.42. The average molecular weight is 416 g/mol. The van der Waals surface area contributed by atoms with Gasteiger partial charge in [0.15, 0.2) is 15.2 Å². The molecule has 0 amide bonds. The van der Waals surface area contributed by atoms with E-state index in [0.717, 1.165) is 4.90 Å². The van der Waals surface area contributed by atoms with E-state index in [0.29, 0.717) is 5.56 Å². The number of benzene rings is 3. The Morgan fingerprint density at radius 1 is 1.07 bits per heavy atom. The normalized spacial score (nSPS) is 13.5. The zero-order chi connectivity index (χ0) is 21.3. The molecule has 4 heteroatoms. The van der Waals surface area contributed by atoms with Gasteiger partial charge >= 0.3 is 5.97 Å². The highest BCUT2D eigenvalue weighted by Gasteiger charge is 2.32. The minimum atomic E-state index is -1.50. The third-order valence-corrected chi connectivity index (χ3v) is 7.31. The third-order valence-electron chi connectivity index (χ3n) is 5.13. The molecule has 30 heavy (non-hydrogen) atoms. The molecule has 0 fully saturated rings. The number of halogens is 1. The van der Waals surface area contributed by atoms with E-state index in [-0.39, 0.29) is 16.0 Å². The maximum atomic E-state index is 14.3. The van der Waals surface area contributed by atoms with Crippen LogP contribution in [0.2, 0.25) is 0 Å². The van der Waals surface area contributed by atoms with Crippen molar-refractivity contribution in [2.45, 2.75) is 19.4 Å². The predicted molar refractivity (Wildman–Crippen MR) is 121 cm³/mol. The maximum Gasteiger partial charge on any atom is 0.340 e. The number of thiophene rings is 1. The number of terminal acetylenes is 1. The Balaban J connectivity index is 1.69. The summed E-state index contributed by atoms with van der Waals surface area (Å²) < 4.78 is 21.1. The minimum Gasteiger partial charge on any atom is -0.438 e. The fourth-order valence-electron chi connectivity index (χ4n) is 3.50. The van der Waals surface area contributed by atoms with E-state index >= 15 is 0 Å². The number of hydrogen-bond acceptors (Lipinski definition) is 2. The Kier molecular flexibility index (Phi) is 5.15. The number of aryl methyl sites for hydroxylation is 1. The van der Waals surface area contributed by atoms with Crippen LogP contribution in [0.5, 0.6) is 0 Å². The summed E-state index contributed by atoms with van der Waals surface area (Å²) in [7, 11) is -0.257. The van der Waals surface area contributed by atoms with Crippen LogP contribution in [0, 0.1) is 25.1 Å². The summed E-state index contributed by atoms with van der Waals surface area (Å²) in [6.45, 7) is 3.62. The monoisotopic (exact) mass is 415 g/mol. The Hall–Kier alpha value is -3.42.